The third-order valence-corrected chi connectivity index (χ3v) is 4.62. The van der Waals surface area contributed by atoms with Gasteiger partial charge >= 0.3 is 0 Å². The normalized spacial score (nSPS) is 10.7. The number of carbonyl (C=O) groups excluding carboxylic acids is 2. The number of Topliss-reactive ketones (excluding diaryl/α,β-unsaturated/α-hetero) is 1. The summed E-state index contributed by atoms with van der Waals surface area (Å²) in [5, 5.41) is 2.69. The van der Waals surface area contributed by atoms with Crippen LogP contribution >= 0.6 is 0 Å². The number of nitrogens with zero attached hydrogens (tertiary/aromatic N) is 1. The van der Waals surface area contributed by atoms with E-state index >= 15 is 0 Å². The molecule has 0 radical (unpaired) electrons. The summed E-state index contributed by atoms with van der Waals surface area (Å²) < 4.78 is 15.8. The Morgan fingerprint density at radius 1 is 1.04 bits per heavy atom. The zero-order valence-corrected chi connectivity index (χ0v) is 15.5. The highest BCUT2D eigenvalue weighted by molar-refractivity contribution is 6.46. The van der Waals surface area contributed by atoms with Crippen molar-refractivity contribution in [3.63, 3.8) is 0 Å². The second-order valence-corrected chi connectivity index (χ2v) is 6.37. The topological polar surface area (TPSA) is 51.1 Å². The number of ketones is 1. The quantitative estimate of drug-likeness (QED) is 0.531. The average molecular weight is 364 g/mol. The van der Waals surface area contributed by atoms with Gasteiger partial charge in [0.25, 0.3) is 11.7 Å². The van der Waals surface area contributed by atoms with Gasteiger partial charge < -0.3 is 9.88 Å². The van der Waals surface area contributed by atoms with Crippen molar-refractivity contribution < 1.29 is 14.0 Å². The number of hydrogen-bond acceptors (Lipinski definition) is 2. The van der Waals surface area contributed by atoms with Crippen LogP contribution in [0.1, 0.15) is 34.2 Å². The molecule has 138 valence electrons. The van der Waals surface area contributed by atoms with E-state index in [2.05, 4.69) is 5.32 Å². The predicted molar refractivity (Wildman–Crippen MR) is 104 cm³/mol. The van der Waals surface area contributed by atoms with Gasteiger partial charge in [-0.2, -0.15) is 0 Å². The molecular formula is C22H21FN2O2. The molecule has 1 heterocycles. The number of hydrogen-bond donors (Lipinski definition) is 1. The van der Waals surface area contributed by atoms with Crippen LogP contribution in [0.15, 0.2) is 54.6 Å². The molecule has 0 aliphatic heterocycles. The van der Waals surface area contributed by atoms with Gasteiger partial charge in [0, 0.05) is 22.6 Å². The van der Waals surface area contributed by atoms with E-state index in [1.165, 1.54) is 6.07 Å². The Labute approximate surface area is 157 Å². The van der Waals surface area contributed by atoms with E-state index in [0.29, 0.717) is 22.8 Å². The summed E-state index contributed by atoms with van der Waals surface area (Å²) in [5.41, 5.74) is 3.41. The first-order valence-electron chi connectivity index (χ1n) is 8.81. The fraction of sp³-hybridized carbons (Fsp3) is 0.182. The molecule has 2 aromatic carbocycles. The number of aromatic nitrogens is 1. The Balaban J connectivity index is 1.93. The number of rotatable bonds is 5. The molecule has 4 nitrogen and oxygen atoms in total. The van der Waals surface area contributed by atoms with Crippen LogP contribution in [0.3, 0.4) is 0 Å². The molecule has 0 saturated heterocycles. The van der Waals surface area contributed by atoms with Gasteiger partial charge in [0.15, 0.2) is 0 Å². The first-order chi connectivity index (χ1) is 12.9. The second-order valence-electron chi connectivity index (χ2n) is 6.37. The van der Waals surface area contributed by atoms with E-state index in [9.17, 15) is 14.0 Å². The highest BCUT2D eigenvalue weighted by atomic mass is 19.1. The van der Waals surface area contributed by atoms with E-state index < -0.39 is 11.7 Å². The first kappa shape index (κ1) is 18.6. The predicted octanol–water partition coefficient (Wildman–Crippen LogP) is 4.62. The Morgan fingerprint density at radius 3 is 2.41 bits per heavy atom. The average Bonchev–Trinajstić information content (AvgIpc) is 2.96. The lowest BCUT2D eigenvalue weighted by Gasteiger charge is -2.11. The Hall–Kier alpha value is -3.21. The van der Waals surface area contributed by atoms with Gasteiger partial charge in [0.1, 0.15) is 5.82 Å². The Kier molecular flexibility index (Phi) is 5.21. The van der Waals surface area contributed by atoms with Crippen molar-refractivity contribution in [1.29, 1.82) is 0 Å². The van der Waals surface area contributed by atoms with Gasteiger partial charge in [0.2, 0.25) is 0 Å². The van der Waals surface area contributed by atoms with Crippen molar-refractivity contribution in [1.82, 2.24) is 4.57 Å². The third-order valence-electron chi connectivity index (χ3n) is 4.62. The molecule has 0 fully saturated rings. The van der Waals surface area contributed by atoms with Crippen LogP contribution in [0.25, 0.3) is 5.69 Å². The summed E-state index contributed by atoms with van der Waals surface area (Å²) in [7, 11) is 0. The van der Waals surface area contributed by atoms with Crippen molar-refractivity contribution in [2.75, 3.05) is 5.32 Å². The number of nitrogens with one attached hydrogen (secondary N) is 1. The minimum Gasteiger partial charge on any atom is -0.319 e. The fourth-order valence-electron chi connectivity index (χ4n) is 3.25. The smallest absolute Gasteiger partial charge is 0.296 e. The molecule has 1 aromatic heterocycles. The van der Waals surface area contributed by atoms with Crippen LogP contribution in [0.2, 0.25) is 0 Å². The van der Waals surface area contributed by atoms with Crippen LogP contribution < -0.4 is 5.32 Å². The molecule has 0 unspecified atom stereocenters. The van der Waals surface area contributed by atoms with E-state index in [-0.39, 0.29) is 11.4 Å². The van der Waals surface area contributed by atoms with Gasteiger partial charge in [0.05, 0.1) is 5.69 Å². The van der Waals surface area contributed by atoms with Gasteiger partial charge in [-0.25, -0.2) is 4.39 Å². The maximum absolute atomic E-state index is 14.2. The number of amides is 1. The Morgan fingerprint density at radius 2 is 1.70 bits per heavy atom. The molecule has 3 aromatic rings. The first-order valence-corrected chi connectivity index (χ1v) is 8.81. The molecule has 0 aliphatic carbocycles. The van der Waals surface area contributed by atoms with Crippen LogP contribution in [-0.4, -0.2) is 16.3 Å². The fourth-order valence-corrected chi connectivity index (χ4v) is 3.25. The van der Waals surface area contributed by atoms with E-state index in [1.54, 1.807) is 48.7 Å². The van der Waals surface area contributed by atoms with E-state index in [4.69, 9.17) is 0 Å². The lowest BCUT2D eigenvalue weighted by Crippen LogP contribution is -2.24. The van der Waals surface area contributed by atoms with Crippen LogP contribution in [-0.2, 0) is 11.2 Å². The number of anilines is 1. The minimum atomic E-state index is -0.704. The third kappa shape index (κ3) is 3.53. The van der Waals surface area contributed by atoms with Crippen molar-refractivity contribution in [2.24, 2.45) is 0 Å². The van der Waals surface area contributed by atoms with E-state index in [1.807, 2.05) is 25.1 Å². The summed E-state index contributed by atoms with van der Waals surface area (Å²) in [6.45, 7) is 5.47. The number of para-hydroxylation sites is 2. The highest BCUT2D eigenvalue weighted by Crippen LogP contribution is 2.24. The van der Waals surface area contributed by atoms with Gasteiger partial charge in [-0.3, -0.25) is 9.59 Å². The minimum absolute atomic E-state index is 0.266. The van der Waals surface area contributed by atoms with Gasteiger partial charge in [-0.05, 0) is 50.1 Å². The monoisotopic (exact) mass is 364 g/mol. The second kappa shape index (κ2) is 7.58. The maximum Gasteiger partial charge on any atom is 0.296 e. The van der Waals surface area contributed by atoms with Crippen molar-refractivity contribution >= 4 is 17.4 Å². The SMILES string of the molecule is CCc1ccccc1NC(=O)C(=O)c1cc(C)n(-c2ccccc2F)c1C. The van der Waals surface area contributed by atoms with Crippen LogP contribution in [0.4, 0.5) is 10.1 Å². The number of aryl methyl sites for hydroxylation is 2. The molecule has 1 amide bonds. The van der Waals surface area contributed by atoms with E-state index in [0.717, 1.165) is 12.0 Å². The molecule has 1 N–H and O–H groups in total. The van der Waals surface area contributed by atoms with Gasteiger partial charge in [-0.15, -0.1) is 0 Å². The lowest BCUT2D eigenvalue weighted by molar-refractivity contribution is -0.112. The summed E-state index contributed by atoms with van der Waals surface area (Å²) in [5.74, 6) is -1.74. The Bertz CT molecular complexity index is 1020. The molecule has 0 bridgehead atoms. The molecule has 0 atom stereocenters. The molecule has 0 aliphatic rings. The summed E-state index contributed by atoms with van der Waals surface area (Å²) in [6, 6.07) is 15.3. The number of benzene rings is 2. The summed E-state index contributed by atoms with van der Waals surface area (Å²) in [6.07, 6.45) is 0.743. The lowest BCUT2D eigenvalue weighted by atomic mass is 10.1. The number of carbonyl (C=O) groups is 2. The molecule has 3 rings (SSSR count). The van der Waals surface area contributed by atoms with Crippen LogP contribution in [0, 0.1) is 19.7 Å². The zero-order chi connectivity index (χ0) is 19.6. The molecule has 0 saturated carbocycles. The largest absolute Gasteiger partial charge is 0.319 e. The van der Waals surface area contributed by atoms with Crippen molar-refractivity contribution in [3.8, 4) is 5.69 Å². The molecule has 0 spiro atoms. The standard InChI is InChI=1S/C22H21FN2O2/c1-4-16-9-5-7-11-19(16)24-22(27)21(26)17-13-14(2)25(15(17)3)20-12-8-6-10-18(20)23/h5-13H,4H2,1-3H3,(H,24,27). The number of halogens is 1. The maximum atomic E-state index is 14.2. The van der Waals surface area contributed by atoms with Gasteiger partial charge in [-0.1, -0.05) is 37.3 Å². The molecule has 5 heteroatoms. The van der Waals surface area contributed by atoms with Crippen molar-refractivity contribution in [3.05, 3.63) is 82.9 Å². The zero-order valence-electron chi connectivity index (χ0n) is 15.5. The van der Waals surface area contributed by atoms with Crippen molar-refractivity contribution in [2.45, 2.75) is 27.2 Å². The molecular weight excluding hydrogens is 343 g/mol. The highest BCUT2D eigenvalue weighted by Gasteiger charge is 2.23. The van der Waals surface area contributed by atoms with Crippen LogP contribution in [0.5, 0.6) is 0 Å². The summed E-state index contributed by atoms with van der Waals surface area (Å²) in [4.78, 5) is 25.2. The summed E-state index contributed by atoms with van der Waals surface area (Å²) >= 11 is 0. The molecule has 27 heavy (non-hydrogen) atoms.